The standard InChI is InChI=1S/C12H16N2O.C11H14N2.C8H14N2O.C8H14N2.C7H12N2/c1-12(2,3)14-10-8-6-5-7-9(10)13(4)11(14)15;1-11(2,3)13-8-12-9-6-4-5-7-10(9)13;1-8(2,3)10-6-5-9(4)7(10)11;1-7-9-5-6-10(7)8(2,3)4;1-7(2,3)9-5-4-8-6-9/h5-8H,1-4H3;4-8H,1-3H3;5-6H,1-4H3;5-6H,1-4H3;4-6H,1-3H3. The normalized spacial score (nSPS) is 12.1. The van der Waals surface area contributed by atoms with Crippen molar-refractivity contribution in [2.45, 2.75) is 138 Å². The number of rotatable bonds is 0. The van der Waals surface area contributed by atoms with Gasteiger partial charge in [0.1, 0.15) is 5.82 Å². The molecule has 0 radical (unpaired) electrons. The van der Waals surface area contributed by atoms with Crippen molar-refractivity contribution in [2.75, 3.05) is 0 Å². The number of fused-ring (bicyclic) bond motifs is 2. The Morgan fingerprint density at radius 3 is 1.40 bits per heavy atom. The van der Waals surface area contributed by atoms with E-state index in [2.05, 4.69) is 97.0 Å². The lowest BCUT2D eigenvalue weighted by molar-refractivity contribution is 0.381. The minimum absolute atomic E-state index is 0.0394. The van der Waals surface area contributed by atoms with Crippen LogP contribution in [0.3, 0.4) is 0 Å². The maximum Gasteiger partial charge on any atom is 0.329 e. The Morgan fingerprint density at radius 2 is 1.02 bits per heavy atom. The third-order valence-corrected chi connectivity index (χ3v) is 9.31. The maximum absolute atomic E-state index is 12.1. The summed E-state index contributed by atoms with van der Waals surface area (Å²) in [7, 11) is 3.57. The quantitative estimate of drug-likeness (QED) is 0.152. The second-order valence-electron chi connectivity index (χ2n) is 19.5. The Hall–Kier alpha value is -5.39. The number of hydrogen-bond donors (Lipinski definition) is 0. The van der Waals surface area contributed by atoms with Crippen LogP contribution < -0.4 is 11.4 Å². The molecule has 58 heavy (non-hydrogen) atoms. The van der Waals surface area contributed by atoms with Crippen LogP contribution in [-0.4, -0.2) is 46.9 Å². The second kappa shape index (κ2) is 18.0. The summed E-state index contributed by atoms with van der Waals surface area (Å²) in [6.07, 6.45) is 14.9. The Kier molecular flexibility index (Phi) is 14.6. The highest BCUT2D eigenvalue weighted by Gasteiger charge is 2.21. The molecule has 0 aliphatic carbocycles. The molecule has 0 spiro atoms. The summed E-state index contributed by atoms with van der Waals surface area (Å²) in [5.74, 6) is 1.08. The van der Waals surface area contributed by atoms with E-state index in [0.717, 1.165) is 22.4 Å². The predicted octanol–water partition coefficient (Wildman–Crippen LogP) is 9.41. The first-order valence-electron chi connectivity index (χ1n) is 19.9. The van der Waals surface area contributed by atoms with Crippen LogP contribution in [0, 0.1) is 6.92 Å². The molecule has 5 heterocycles. The predicted molar refractivity (Wildman–Crippen MR) is 241 cm³/mol. The van der Waals surface area contributed by atoms with Crippen molar-refractivity contribution in [3.8, 4) is 0 Å². The zero-order valence-electron chi connectivity index (χ0n) is 38.5. The monoisotopic (exact) mass is 795 g/mol. The molecule has 12 heteroatoms. The van der Waals surface area contributed by atoms with Gasteiger partial charge in [-0.05, 0) is 135 Å². The third kappa shape index (κ3) is 12.1. The molecule has 0 N–H and O–H groups in total. The molecule has 7 rings (SSSR count). The molecule has 316 valence electrons. The highest BCUT2D eigenvalue weighted by Crippen LogP contribution is 2.22. The first kappa shape index (κ1) is 47.0. The molecule has 0 amide bonds. The van der Waals surface area contributed by atoms with E-state index in [-0.39, 0.29) is 39.1 Å². The molecule has 0 bridgehead atoms. The lowest BCUT2D eigenvalue weighted by Gasteiger charge is -2.21. The molecular weight excluding hydrogens is 725 g/mol. The van der Waals surface area contributed by atoms with Gasteiger partial charge in [-0.1, -0.05) is 24.3 Å². The fourth-order valence-corrected chi connectivity index (χ4v) is 6.15. The van der Waals surface area contributed by atoms with Crippen LogP contribution in [0.25, 0.3) is 22.1 Å². The molecule has 0 saturated heterocycles. The fraction of sp³-hybridized carbons (Fsp3) is 0.500. The van der Waals surface area contributed by atoms with Gasteiger partial charge in [0.15, 0.2) is 0 Å². The van der Waals surface area contributed by atoms with E-state index in [1.807, 2.05) is 140 Å². The van der Waals surface area contributed by atoms with Gasteiger partial charge in [0.05, 0.1) is 34.7 Å². The average Bonchev–Trinajstić information content (AvgIpc) is 3.94. The average molecular weight is 795 g/mol. The second-order valence-corrected chi connectivity index (χ2v) is 19.5. The van der Waals surface area contributed by atoms with Gasteiger partial charge in [-0.2, -0.15) is 0 Å². The summed E-state index contributed by atoms with van der Waals surface area (Å²) in [4.78, 5) is 35.8. The molecule has 12 nitrogen and oxygen atoms in total. The minimum atomic E-state index is -0.183. The van der Waals surface area contributed by atoms with E-state index in [1.165, 1.54) is 5.52 Å². The van der Waals surface area contributed by atoms with Crippen molar-refractivity contribution in [3.63, 3.8) is 0 Å². The van der Waals surface area contributed by atoms with Gasteiger partial charge >= 0.3 is 11.4 Å². The van der Waals surface area contributed by atoms with Gasteiger partial charge in [-0.3, -0.25) is 13.7 Å². The van der Waals surface area contributed by atoms with Gasteiger partial charge < -0.3 is 18.3 Å². The lowest BCUT2D eigenvalue weighted by atomic mass is 10.1. The topological polar surface area (TPSA) is 107 Å². The lowest BCUT2D eigenvalue weighted by Crippen LogP contribution is -2.34. The Labute approximate surface area is 345 Å². The first-order valence-corrected chi connectivity index (χ1v) is 19.9. The van der Waals surface area contributed by atoms with E-state index >= 15 is 0 Å². The van der Waals surface area contributed by atoms with Crippen molar-refractivity contribution in [1.29, 1.82) is 0 Å². The Morgan fingerprint density at radius 1 is 0.483 bits per heavy atom. The van der Waals surface area contributed by atoms with Gasteiger partial charge in [0, 0.05) is 79.0 Å². The van der Waals surface area contributed by atoms with Crippen LogP contribution in [0.2, 0.25) is 0 Å². The maximum atomic E-state index is 12.1. The third-order valence-electron chi connectivity index (χ3n) is 9.31. The van der Waals surface area contributed by atoms with E-state index in [0.29, 0.717) is 0 Å². The van der Waals surface area contributed by atoms with E-state index < -0.39 is 0 Å². The van der Waals surface area contributed by atoms with E-state index in [9.17, 15) is 9.59 Å². The number of para-hydroxylation sites is 4. The highest BCUT2D eigenvalue weighted by atomic mass is 16.2. The van der Waals surface area contributed by atoms with E-state index in [1.54, 1.807) is 33.1 Å². The molecule has 0 aliphatic heterocycles. The SMILES string of the molecule is CC(C)(C)n1ccnc1.CC(C)(C)n1cnc2ccccc21.Cc1nccn1C(C)(C)C.Cn1c(=O)n(C(C)(C)C)c2ccccc21.Cn1ccn(C(C)(C)C)c1=O. The van der Waals surface area contributed by atoms with Crippen LogP contribution >= 0.6 is 0 Å². The molecule has 0 saturated carbocycles. The van der Waals surface area contributed by atoms with E-state index in [4.69, 9.17) is 0 Å². The van der Waals surface area contributed by atoms with Crippen LogP contribution in [0.4, 0.5) is 0 Å². The largest absolute Gasteiger partial charge is 0.332 e. The molecule has 0 fully saturated rings. The summed E-state index contributed by atoms with van der Waals surface area (Å²) < 4.78 is 13.3. The smallest absolute Gasteiger partial charge is 0.329 e. The summed E-state index contributed by atoms with van der Waals surface area (Å²) in [6.45, 7) is 33.7. The summed E-state index contributed by atoms with van der Waals surface area (Å²) >= 11 is 0. The number of nitrogens with zero attached hydrogens (tertiary/aromatic N) is 10. The number of imidazole rings is 5. The molecular formula is C46H70N10O2. The molecule has 0 aliphatic rings. The first-order chi connectivity index (χ1) is 26.6. The van der Waals surface area contributed by atoms with Crippen molar-refractivity contribution >= 4 is 22.1 Å². The molecule has 0 unspecified atom stereocenters. The molecule has 2 aromatic carbocycles. The number of benzene rings is 2. The number of hydrogen-bond acceptors (Lipinski definition) is 5. The zero-order chi connectivity index (χ0) is 44.0. The Balaban J connectivity index is 0.000000196. The minimum Gasteiger partial charge on any atom is -0.332 e. The van der Waals surface area contributed by atoms with Gasteiger partial charge in [0.2, 0.25) is 0 Å². The van der Waals surface area contributed by atoms with Crippen LogP contribution in [0.5, 0.6) is 0 Å². The van der Waals surface area contributed by atoms with Crippen molar-refractivity contribution in [3.05, 3.63) is 125 Å². The van der Waals surface area contributed by atoms with Crippen molar-refractivity contribution in [2.24, 2.45) is 14.1 Å². The van der Waals surface area contributed by atoms with Crippen LogP contribution in [0.15, 0.2) is 108 Å². The zero-order valence-corrected chi connectivity index (χ0v) is 38.5. The summed E-state index contributed by atoms with van der Waals surface area (Å²) in [6, 6.07) is 16.1. The van der Waals surface area contributed by atoms with Crippen LogP contribution in [-0.2, 0) is 41.8 Å². The number of aryl methyl sites for hydroxylation is 3. The molecule has 5 aromatic heterocycles. The molecule has 7 aromatic rings. The summed E-state index contributed by atoms with van der Waals surface area (Å²) in [5, 5.41) is 0. The molecule has 0 atom stereocenters. The van der Waals surface area contributed by atoms with Crippen molar-refractivity contribution in [1.82, 2.24) is 46.9 Å². The Bertz CT molecular complexity index is 2450. The van der Waals surface area contributed by atoms with Gasteiger partial charge in [-0.25, -0.2) is 24.5 Å². The van der Waals surface area contributed by atoms with Gasteiger partial charge in [-0.15, -0.1) is 0 Å². The number of aromatic nitrogens is 10. The highest BCUT2D eigenvalue weighted by molar-refractivity contribution is 5.76. The van der Waals surface area contributed by atoms with Crippen LogP contribution in [0.1, 0.15) is 110 Å². The van der Waals surface area contributed by atoms with Gasteiger partial charge in [0.25, 0.3) is 0 Å². The summed E-state index contributed by atoms with van der Waals surface area (Å²) in [5.41, 5.74) is 4.49. The fourth-order valence-electron chi connectivity index (χ4n) is 6.15. The van der Waals surface area contributed by atoms with Crippen molar-refractivity contribution < 1.29 is 0 Å².